The fourth-order valence-electron chi connectivity index (χ4n) is 2.84. The lowest BCUT2D eigenvalue weighted by molar-refractivity contribution is -0.110. The topological polar surface area (TPSA) is 66.8 Å². The predicted molar refractivity (Wildman–Crippen MR) is 75.0 cm³/mol. The summed E-state index contributed by atoms with van der Waals surface area (Å²) in [5, 5.41) is 0. The van der Waals surface area contributed by atoms with Crippen LogP contribution >= 0.6 is 0 Å². The average molecular weight is 291 g/mol. The fraction of sp³-hybridized carbons (Fsp3) is 0.923. The fourth-order valence-corrected chi connectivity index (χ4v) is 3.29. The number of likely N-dealkylation sites (tertiary alicyclic amines) is 1. The molecular formula is C13H25NO4S. The van der Waals surface area contributed by atoms with Crippen LogP contribution in [0.4, 0.5) is 0 Å². The third kappa shape index (κ3) is 4.95. The van der Waals surface area contributed by atoms with E-state index in [1.807, 2.05) is 6.92 Å². The van der Waals surface area contributed by atoms with Crippen LogP contribution in [0.25, 0.3) is 0 Å². The summed E-state index contributed by atoms with van der Waals surface area (Å²) in [5.41, 5.74) is 0. The summed E-state index contributed by atoms with van der Waals surface area (Å²) in [5.74, 6) is 0.585. The van der Waals surface area contributed by atoms with Crippen molar-refractivity contribution in [1.82, 2.24) is 4.90 Å². The van der Waals surface area contributed by atoms with Crippen molar-refractivity contribution in [3.05, 3.63) is 0 Å². The Bertz CT molecular complexity index is 313. The van der Waals surface area contributed by atoms with Gasteiger partial charge in [0.2, 0.25) is 0 Å². The molecule has 1 N–H and O–H groups in total. The van der Waals surface area contributed by atoms with E-state index < -0.39 is 17.5 Å². The number of carbonyl (C=O) groups excluding carboxylic acids is 1. The molecule has 0 spiro atoms. The molecule has 1 heterocycles. The number of carbonyl (C=O) groups is 1. The Morgan fingerprint density at radius 3 is 2.74 bits per heavy atom. The molecule has 0 bridgehead atoms. The van der Waals surface area contributed by atoms with E-state index >= 15 is 0 Å². The SMILES string of the molecule is CC1CCCCN(C(C)C(CC=O)OS(=O)O)C1C. The Balaban J connectivity index is 2.77. The molecule has 5 unspecified atom stereocenters. The molecule has 0 aliphatic carbocycles. The standard InChI is InChI=1S/C13H25NO4S/c1-10-6-4-5-8-14(11(10)2)12(3)13(7-9-15)18-19(16)17/h9-13H,4-8H2,1-3H3,(H,16,17). The van der Waals surface area contributed by atoms with Crippen molar-refractivity contribution < 1.29 is 17.7 Å². The zero-order valence-electron chi connectivity index (χ0n) is 11.9. The van der Waals surface area contributed by atoms with Gasteiger partial charge in [0, 0.05) is 18.5 Å². The Morgan fingerprint density at radius 1 is 1.47 bits per heavy atom. The van der Waals surface area contributed by atoms with Gasteiger partial charge in [-0.1, -0.05) is 13.3 Å². The first kappa shape index (κ1) is 16.8. The number of hydrogen-bond donors (Lipinski definition) is 1. The van der Waals surface area contributed by atoms with Gasteiger partial charge in [-0.05, 0) is 39.2 Å². The summed E-state index contributed by atoms with van der Waals surface area (Å²) < 4.78 is 24.7. The summed E-state index contributed by atoms with van der Waals surface area (Å²) in [4.78, 5) is 13.0. The van der Waals surface area contributed by atoms with Crippen molar-refractivity contribution in [2.24, 2.45) is 5.92 Å². The van der Waals surface area contributed by atoms with Gasteiger partial charge in [0.25, 0.3) is 0 Å². The molecule has 0 aromatic carbocycles. The van der Waals surface area contributed by atoms with Crippen LogP contribution in [0.2, 0.25) is 0 Å². The first-order chi connectivity index (χ1) is 8.97. The van der Waals surface area contributed by atoms with Crippen LogP contribution in [-0.2, 0) is 20.3 Å². The Kier molecular flexibility index (Phi) is 7.13. The van der Waals surface area contributed by atoms with Crippen molar-refractivity contribution >= 4 is 17.6 Å². The molecule has 0 saturated carbocycles. The molecule has 5 atom stereocenters. The maximum Gasteiger partial charge on any atom is 0.302 e. The minimum Gasteiger partial charge on any atom is -0.303 e. The van der Waals surface area contributed by atoms with Gasteiger partial charge in [0.1, 0.15) is 6.29 Å². The van der Waals surface area contributed by atoms with Crippen LogP contribution in [0.1, 0.15) is 46.5 Å². The summed E-state index contributed by atoms with van der Waals surface area (Å²) in [6.07, 6.45) is 3.89. The summed E-state index contributed by atoms with van der Waals surface area (Å²) in [6.45, 7) is 7.33. The van der Waals surface area contributed by atoms with Crippen LogP contribution in [0, 0.1) is 5.92 Å². The molecule has 0 amide bonds. The minimum atomic E-state index is -2.33. The second-order valence-electron chi connectivity index (χ2n) is 5.45. The van der Waals surface area contributed by atoms with Gasteiger partial charge in [-0.2, -0.15) is 4.21 Å². The van der Waals surface area contributed by atoms with E-state index in [2.05, 4.69) is 18.7 Å². The molecule has 1 aliphatic rings. The molecule has 6 heteroatoms. The maximum atomic E-state index is 10.8. The van der Waals surface area contributed by atoms with Crippen molar-refractivity contribution in [2.75, 3.05) is 6.54 Å². The van der Waals surface area contributed by atoms with Gasteiger partial charge in [0.05, 0.1) is 6.10 Å². The van der Waals surface area contributed by atoms with Gasteiger partial charge in [-0.25, -0.2) is 0 Å². The smallest absolute Gasteiger partial charge is 0.302 e. The number of hydrogen-bond acceptors (Lipinski definition) is 4. The highest BCUT2D eigenvalue weighted by atomic mass is 32.2. The molecule has 1 rings (SSSR count). The van der Waals surface area contributed by atoms with E-state index in [1.54, 1.807) is 0 Å². The summed E-state index contributed by atoms with van der Waals surface area (Å²) >= 11 is -2.33. The lowest BCUT2D eigenvalue weighted by Crippen LogP contribution is -2.49. The highest BCUT2D eigenvalue weighted by molar-refractivity contribution is 7.74. The molecular weight excluding hydrogens is 266 g/mol. The highest BCUT2D eigenvalue weighted by Crippen LogP contribution is 2.26. The molecule has 1 aliphatic heterocycles. The lowest BCUT2D eigenvalue weighted by Gasteiger charge is -2.38. The number of aldehydes is 1. The van der Waals surface area contributed by atoms with Gasteiger partial charge >= 0.3 is 11.4 Å². The molecule has 0 aromatic rings. The van der Waals surface area contributed by atoms with Crippen LogP contribution in [0.15, 0.2) is 0 Å². The van der Waals surface area contributed by atoms with E-state index in [1.165, 1.54) is 12.8 Å². The molecule has 0 aromatic heterocycles. The van der Waals surface area contributed by atoms with Crippen molar-refractivity contribution in [3.8, 4) is 0 Å². The first-order valence-electron chi connectivity index (χ1n) is 6.94. The van der Waals surface area contributed by atoms with E-state index in [4.69, 9.17) is 8.74 Å². The van der Waals surface area contributed by atoms with Crippen molar-refractivity contribution in [3.63, 3.8) is 0 Å². The van der Waals surface area contributed by atoms with Crippen LogP contribution in [-0.4, -0.2) is 44.7 Å². The van der Waals surface area contributed by atoms with E-state index in [-0.39, 0.29) is 12.5 Å². The number of rotatable bonds is 6. The Morgan fingerprint density at radius 2 is 2.16 bits per heavy atom. The predicted octanol–water partition coefficient (Wildman–Crippen LogP) is 2.00. The van der Waals surface area contributed by atoms with Gasteiger partial charge in [-0.15, -0.1) is 0 Å². The molecule has 112 valence electrons. The van der Waals surface area contributed by atoms with E-state index in [0.29, 0.717) is 12.0 Å². The Hall–Kier alpha value is -0.300. The largest absolute Gasteiger partial charge is 0.303 e. The van der Waals surface area contributed by atoms with E-state index in [0.717, 1.165) is 19.3 Å². The molecule has 1 saturated heterocycles. The summed E-state index contributed by atoms with van der Waals surface area (Å²) in [7, 11) is 0. The second kappa shape index (κ2) is 8.09. The van der Waals surface area contributed by atoms with E-state index in [9.17, 15) is 9.00 Å². The molecule has 0 radical (unpaired) electrons. The number of nitrogens with zero attached hydrogens (tertiary/aromatic N) is 1. The lowest BCUT2D eigenvalue weighted by atomic mass is 9.96. The zero-order chi connectivity index (χ0) is 14.4. The molecule has 1 fully saturated rings. The molecule has 5 nitrogen and oxygen atoms in total. The quantitative estimate of drug-likeness (QED) is 0.599. The Labute approximate surface area is 118 Å². The third-order valence-electron chi connectivity index (χ3n) is 4.27. The van der Waals surface area contributed by atoms with Crippen molar-refractivity contribution in [2.45, 2.75) is 64.6 Å². The van der Waals surface area contributed by atoms with Crippen LogP contribution < -0.4 is 0 Å². The van der Waals surface area contributed by atoms with Crippen molar-refractivity contribution in [1.29, 1.82) is 0 Å². The highest BCUT2D eigenvalue weighted by Gasteiger charge is 2.32. The van der Waals surface area contributed by atoms with Crippen LogP contribution in [0.5, 0.6) is 0 Å². The monoisotopic (exact) mass is 291 g/mol. The zero-order valence-corrected chi connectivity index (χ0v) is 12.8. The molecule has 19 heavy (non-hydrogen) atoms. The van der Waals surface area contributed by atoms with Crippen LogP contribution in [0.3, 0.4) is 0 Å². The maximum absolute atomic E-state index is 10.8. The second-order valence-corrected chi connectivity index (χ2v) is 6.07. The summed E-state index contributed by atoms with van der Waals surface area (Å²) in [6, 6.07) is 0.347. The van der Waals surface area contributed by atoms with Gasteiger partial charge < -0.3 is 4.79 Å². The normalized spacial score (nSPS) is 30.3. The third-order valence-corrected chi connectivity index (χ3v) is 4.68. The minimum absolute atomic E-state index is 0.0446. The van der Waals surface area contributed by atoms with Gasteiger partial charge in [-0.3, -0.25) is 13.6 Å². The van der Waals surface area contributed by atoms with Gasteiger partial charge in [0.15, 0.2) is 0 Å². The first-order valence-corrected chi connectivity index (χ1v) is 7.98. The average Bonchev–Trinajstić information content (AvgIpc) is 2.51.